The minimum atomic E-state index is -0.453. The van der Waals surface area contributed by atoms with Crippen molar-refractivity contribution in [2.24, 2.45) is 5.16 Å². The number of hydrogen-bond donors (Lipinski definition) is 3. The van der Waals surface area contributed by atoms with Crippen LogP contribution in [0.1, 0.15) is 15.9 Å². The highest BCUT2D eigenvalue weighted by Crippen LogP contribution is 2.20. The lowest BCUT2D eigenvalue weighted by Crippen LogP contribution is -2.22. The van der Waals surface area contributed by atoms with Gasteiger partial charge in [-0.25, -0.2) is 0 Å². The second-order valence-electron chi connectivity index (χ2n) is 5.06. The summed E-state index contributed by atoms with van der Waals surface area (Å²) in [6, 6.07) is 13.4. The lowest BCUT2D eigenvalue weighted by Gasteiger charge is -2.08. The van der Waals surface area contributed by atoms with Gasteiger partial charge in [0.2, 0.25) is 0 Å². The monoisotopic (exact) mass is 310 g/mol. The Balaban J connectivity index is 2.06. The summed E-state index contributed by atoms with van der Waals surface area (Å²) in [7, 11) is 0. The topological polar surface area (TPSA) is 95.1 Å². The number of amides is 1. The van der Waals surface area contributed by atoms with Gasteiger partial charge in [-0.05, 0) is 41.9 Å². The summed E-state index contributed by atoms with van der Waals surface area (Å²) in [6.45, 7) is 1.88. The Labute approximate surface area is 131 Å². The van der Waals surface area contributed by atoms with Gasteiger partial charge in [-0.1, -0.05) is 18.2 Å². The Morgan fingerprint density at radius 1 is 1.17 bits per heavy atom. The Morgan fingerprint density at radius 2 is 1.96 bits per heavy atom. The van der Waals surface area contributed by atoms with E-state index in [0.717, 1.165) is 5.56 Å². The Morgan fingerprint density at radius 3 is 2.70 bits per heavy atom. The summed E-state index contributed by atoms with van der Waals surface area (Å²) < 4.78 is 5.37. The van der Waals surface area contributed by atoms with Crippen LogP contribution < -0.4 is 10.9 Å². The van der Waals surface area contributed by atoms with Crippen LogP contribution in [0.2, 0.25) is 0 Å². The van der Waals surface area contributed by atoms with E-state index in [1.165, 1.54) is 12.1 Å². The molecule has 3 rings (SSSR count). The molecule has 3 N–H and O–H groups in total. The lowest BCUT2D eigenvalue weighted by molar-refractivity contribution is 0.102. The zero-order valence-electron chi connectivity index (χ0n) is 12.3. The average molecular weight is 310 g/mol. The first-order chi connectivity index (χ1) is 11.1. The van der Waals surface area contributed by atoms with Crippen molar-refractivity contribution in [3.63, 3.8) is 0 Å². The molecule has 0 aliphatic rings. The number of phenols is 1. The molecule has 1 aromatic heterocycles. The third-order valence-corrected chi connectivity index (χ3v) is 3.46. The number of aryl methyl sites for hydroxylation is 1. The van der Waals surface area contributed by atoms with Crippen LogP contribution in [0.15, 0.2) is 58.1 Å². The molecular weight excluding hydrogens is 296 g/mol. The molecule has 0 radical (unpaired) electrons. The summed E-state index contributed by atoms with van der Waals surface area (Å²) in [5.41, 5.74) is 1.74. The number of rotatable bonds is 2. The van der Waals surface area contributed by atoms with Gasteiger partial charge < -0.3 is 20.0 Å². The van der Waals surface area contributed by atoms with E-state index in [4.69, 9.17) is 9.62 Å². The molecule has 1 heterocycles. The molecule has 116 valence electrons. The third kappa shape index (κ3) is 2.87. The van der Waals surface area contributed by atoms with Crippen LogP contribution in [0, 0.1) is 6.92 Å². The molecule has 1 amide bonds. The van der Waals surface area contributed by atoms with Crippen LogP contribution in [0.5, 0.6) is 5.75 Å². The van der Waals surface area contributed by atoms with E-state index in [9.17, 15) is 9.90 Å². The van der Waals surface area contributed by atoms with Crippen LogP contribution in [-0.4, -0.2) is 16.2 Å². The molecular formula is C17H14N2O4. The predicted molar refractivity (Wildman–Crippen MR) is 84.4 cm³/mol. The number of phenolic OH excluding ortho intramolecular Hbond substituents is 1. The molecule has 0 bridgehead atoms. The van der Waals surface area contributed by atoms with Gasteiger partial charge in [0.1, 0.15) is 16.9 Å². The number of aromatic hydroxyl groups is 1. The van der Waals surface area contributed by atoms with Gasteiger partial charge in [-0.15, -0.1) is 0 Å². The number of benzene rings is 2. The van der Waals surface area contributed by atoms with E-state index in [-0.39, 0.29) is 16.9 Å². The maximum absolute atomic E-state index is 12.5. The first-order valence-corrected chi connectivity index (χ1v) is 6.90. The van der Waals surface area contributed by atoms with Gasteiger partial charge in [0, 0.05) is 17.1 Å². The van der Waals surface area contributed by atoms with E-state index in [0.29, 0.717) is 16.7 Å². The van der Waals surface area contributed by atoms with Gasteiger partial charge in [-0.3, -0.25) is 4.79 Å². The number of para-hydroxylation sites is 1. The number of nitrogens with zero attached hydrogens (tertiary/aromatic N) is 1. The molecule has 6 nitrogen and oxygen atoms in total. The molecule has 0 saturated carbocycles. The van der Waals surface area contributed by atoms with E-state index in [1.807, 2.05) is 25.1 Å². The number of anilines is 1. The zero-order chi connectivity index (χ0) is 16.4. The van der Waals surface area contributed by atoms with Gasteiger partial charge >= 0.3 is 0 Å². The van der Waals surface area contributed by atoms with Crippen molar-refractivity contribution < 1.29 is 19.5 Å². The molecule has 23 heavy (non-hydrogen) atoms. The molecule has 3 aromatic rings. The maximum Gasteiger partial charge on any atom is 0.268 e. The normalized spacial score (nSPS) is 11.6. The second-order valence-corrected chi connectivity index (χ2v) is 5.06. The Hall–Kier alpha value is -3.28. The Kier molecular flexibility index (Phi) is 3.72. The second kappa shape index (κ2) is 5.84. The van der Waals surface area contributed by atoms with E-state index in [2.05, 4.69) is 10.5 Å². The van der Waals surface area contributed by atoms with Crippen molar-refractivity contribution in [1.29, 1.82) is 0 Å². The predicted octanol–water partition coefficient (Wildman–Crippen LogP) is 2.99. The quantitative estimate of drug-likeness (QED) is 0.501. The molecule has 2 aromatic carbocycles. The number of hydrogen-bond acceptors (Lipinski definition) is 5. The molecule has 0 aliphatic heterocycles. The van der Waals surface area contributed by atoms with Crippen LogP contribution >= 0.6 is 0 Å². The molecule has 6 heteroatoms. The summed E-state index contributed by atoms with van der Waals surface area (Å²) in [6.07, 6.45) is 0. The van der Waals surface area contributed by atoms with Crippen LogP contribution in [0.25, 0.3) is 11.0 Å². The minimum Gasteiger partial charge on any atom is -0.508 e. The van der Waals surface area contributed by atoms with Gasteiger partial charge in [0.05, 0.1) is 0 Å². The van der Waals surface area contributed by atoms with Gasteiger partial charge in [0.25, 0.3) is 11.5 Å². The number of carbonyl (C=O) groups is 1. The average Bonchev–Trinajstić information content (AvgIpc) is 2.55. The zero-order valence-corrected chi connectivity index (χ0v) is 12.3. The number of fused-ring (bicyclic) bond motifs is 1. The minimum absolute atomic E-state index is 0.0160. The summed E-state index contributed by atoms with van der Waals surface area (Å²) >= 11 is 0. The van der Waals surface area contributed by atoms with Crippen molar-refractivity contribution in [2.45, 2.75) is 6.92 Å². The van der Waals surface area contributed by atoms with Crippen molar-refractivity contribution >= 4 is 22.6 Å². The summed E-state index contributed by atoms with van der Waals surface area (Å²) in [5.74, 6) is -0.437. The van der Waals surface area contributed by atoms with Crippen LogP contribution in [0.3, 0.4) is 0 Å². The third-order valence-electron chi connectivity index (χ3n) is 3.46. The van der Waals surface area contributed by atoms with Crippen molar-refractivity contribution in [3.8, 4) is 5.75 Å². The molecule has 0 atom stereocenters. The first-order valence-electron chi connectivity index (χ1n) is 6.90. The fourth-order valence-corrected chi connectivity index (χ4v) is 2.25. The largest absolute Gasteiger partial charge is 0.508 e. The number of nitrogens with one attached hydrogen (secondary N) is 1. The van der Waals surface area contributed by atoms with Crippen molar-refractivity contribution in [3.05, 3.63) is 65.2 Å². The van der Waals surface area contributed by atoms with E-state index < -0.39 is 5.91 Å². The van der Waals surface area contributed by atoms with Crippen molar-refractivity contribution in [1.82, 2.24) is 0 Å². The van der Waals surface area contributed by atoms with Gasteiger partial charge in [0.15, 0.2) is 0 Å². The molecule has 0 aliphatic carbocycles. The standard InChI is InChI=1S/C17H14N2O4/c1-10-4-2-3-5-14(10)18-16(21)13-8-11-6-7-12(20)9-15(11)23-17(13)19-22/h2-9,20,22H,1H3,(H,18,21)/b19-17-. The summed E-state index contributed by atoms with van der Waals surface area (Å²) in [4.78, 5) is 12.5. The molecule has 0 fully saturated rings. The highest BCUT2D eigenvalue weighted by Gasteiger charge is 2.14. The maximum atomic E-state index is 12.5. The lowest BCUT2D eigenvalue weighted by atomic mass is 10.1. The Bertz CT molecular complexity index is 960. The highest BCUT2D eigenvalue weighted by atomic mass is 16.5. The highest BCUT2D eigenvalue weighted by molar-refractivity contribution is 6.05. The molecule has 0 saturated heterocycles. The first kappa shape index (κ1) is 14.6. The van der Waals surface area contributed by atoms with E-state index in [1.54, 1.807) is 18.2 Å². The van der Waals surface area contributed by atoms with Crippen LogP contribution in [-0.2, 0) is 0 Å². The van der Waals surface area contributed by atoms with Gasteiger partial charge in [-0.2, -0.15) is 0 Å². The smallest absolute Gasteiger partial charge is 0.268 e. The molecule has 0 unspecified atom stereocenters. The number of carbonyl (C=O) groups excluding carboxylic acids is 1. The fraction of sp³-hybridized carbons (Fsp3) is 0.0588. The summed E-state index contributed by atoms with van der Waals surface area (Å²) in [5, 5.41) is 25.0. The van der Waals surface area contributed by atoms with E-state index >= 15 is 0 Å². The molecule has 0 spiro atoms. The fourth-order valence-electron chi connectivity index (χ4n) is 2.25. The SMILES string of the molecule is Cc1ccccc1NC(=O)c1cc2ccc(O)cc2o/c1=N\O. The van der Waals surface area contributed by atoms with Crippen molar-refractivity contribution in [2.75, 3.05) is 5.32 Å². The van der Waals surface area contributed by atoms with Crippen LogP contribution in [0.4, 0.5) is 5.69 Å².